The zero-order valence-electron chi connectivity index (χ0n) is 17.3. The van der Waals surface area contributed by atoms with E-state index in [1.54, 1.807) is 23.9 Å². The zero-order valence-corrected chi connectivity index (χ0v) is 19.7. The van der Waals surface area contributed by atoms with E-state index in [1.165, 1.54) is 6.07 Å². The summed E-state index contributed by atoms with van der Waals surface area (Å²) in [5, 5.41) is 6.39. The largest absolute Gasteiger partial charge is 0.340 e. The van der Waals surface area contributed by atoms with E-state index in [-0.39, 0.29) is 16.5 Å². The maximum atomic E-state index is 13.1. The number of fused-ring (bicyclic) bond motifs is 1. The van der Waals surface area contributed by atoms with Gasteiger partial charge in [0.25, 0.3) is 5.91 Å². The Morgan fingerprint density at radius 3 is 2.68 bits per heavy atom. The monoisotopic (exact) mass is 478 g/mol. The third-order valence-corrected chi connectivity index (χ3v) is 5.94. The molecule has 0 fully saturated rings. The Morgan fingerprint density at radius 1 is 1.19 bits per heavy atom. The molecular weight excluding hydrogens is 455 g/mol. The van der Waals surface area contributed by atoms with Crippen LogP contribution in [-0.2, 0) is 11.3 Å². The highest BCUT2D eigenvalue weighted by Crippen LogP contribution is 2.22. The van der Waals surface area contributed by atoms with Crippen LogP contribution >= 0.6 is 35.0 Å². The molecule has 3 aromatic rings. The van der Waals surface area contributed by atoms with Gasteiger partial charge in [-0.3, -0.25) is 14.9 Å². The number of para-hydroxylation sites is 2. The average molecular weight is 479 g/mol. The molecule has 9 heteroatoms. The van der Waals surface area contributed by atoms with Crippen LogP contribution in [0, 0.1) is 0 Å². The van der Waals surface area contributed by atoms with Gasteiger partial charge in [-0.1, -0.05) is 42.3 Å². The third-order valence-electron chi connectivity index (χ3n) is 4.74. The number of benzene rings is 2. The second-order valence-electron chi connectivity index (χ2n) is 7.00. The first kappa shape index (κ1) is 23.4. The minimum atomic E-state index is -0.735. The van der Waals surface area contributed by atoms with Crippen molar-refractivity contribution in [3.05, 3.63) is 58.1 Å². The van der Waals surface area contributed by atoms with E-state index < -0.39 is 11.9 Å². The topological polar surface area (TPSA) is 76.0 Å². The van der Waals surface area contributed by atoms with Gasteiger partial charge in [-0.05, 0) is 55.2 Å². The maximum Gasteiger partial charge on any atom is 0.253 e. The Kier molecular flexibility index (Phi) is 8.23. The number of nitrogens with zero attached hydrogens (tertiary/aromatic N) is 2. The summed E-state index contributed by atoms with van der Waals surface area (Å²) in [6.07, 6.45) is 3.32. The Bertz CT molecular complexity index is 1090. The van der Waals surface area contributed by atoms with E-state index in [1.807, 2.05) is 35.1 Å². The number of aryl methyl sites for hydroxylation is 1. The second-order valence-corrected chi connectivity index (χ2v) is 8.83. The minimum Gasteiger partial charge on any atom is -0.340 e. The molecule has 31 heavy (non-hydrogen) atoms. The zero-order chi connectivity index (χ0) is 22.4. The van der Waals surface area contributed by atoms with Crippen LogP contribution in [-0.4, -0.2) is 39.4 Å². The number of hydrogen-bond donors (Lipinski definition) is 2. The van der Waals surface area contributed by atoms with E-state index in [4.69, 9.17) is 23.2 Å². The van der Waals surface area contributed by atoms with Crippen molar-refractivity contribution in [3.8, 4) is 0 Å². The molecule has 2 aromatic carbocycles. The number of anilines is 1. The number of carbonyl (C=O) groups excluding carboxylic acids is 2. The molecular formula is C22H24Cl2N4O2S. The smallest absolute Gasteiger partial charge is 0.253 e. The summed E-state index contributed by atoms with van der Waals surface area (Å²) in [6, 6.07) is 11.6. The van der Waals surface area contributed by atoms with Gasteiger partial charge in [0, 0.05) is 11.6 Å². The maximum absolute atomic E-state index is 13.1. The first-order valence-electron chi connectivity index (χ1n) is 9.95. The van der Waals surface area contributed by atoms with Crippen LogP contribution in [0.4, 0.5) is 5.95 Å². The number of thioether (sulfide) groups is 1. The summed E-state index contributed by atoms with van der Waals surface area (Å²) < 4.78 is 1.98. The van der Waals surface area contributed by atoms with Crippen molar-refractivity contribution >= 4 is 63.8 Å². The van der Waals surface area contributed by atoms with Gasteiger partial charge in [0.2, 0.25) is 11.9 Å². The SMILES string of the molecule is CCCn1c(NC(=O)C(CCSC)NC(=O)c2ccc(Cl)cc2Cl)nc2ccccc21. The molecule has 0 aliphatic carbocycles. The fourth-order valence-corrected chi connectivity index (χ4v) is 4.20. The highest BCUT2D eigenvalue weighted by molar-refractivity contribution is 7.98. The Balaban J connectivity index is 1.82. The molecule has 6 nitrogen and oxygen atoms in total. The van der Waals surface area contributed by atoms with Crippen LogP contribution in [0.25, 0.3) is 11.0 Å². The fraction of sp³-hybridized carbons (Fsp3) is 0.318. The van der Waals surface area contributed by atoms with Crippen molar-refractivity contribution in [3.63, 3.8) is 0 Å². The van der Waals surface area contributed by atoms with E-state index in [2.05, 4.69) is 22.5 Å². The summed E-state index contributed by atoms with van der Waals surface area (Å²) in [6.45, 7) is 2.79. The Labute approximate surface area is 195 Å². The van der Waals surface area contributed by atoms with Gasteiger partial charge in [-0.25, -0.2) is 4.98 Å². The molecule has 0 saturated heterocycles. The van der Waals surface area contributed by atoms with Crippen LogP contribution in [0.5, 0.6) is 0 Å². The molecule has 2 amide bonds. The van der Waals surface area contributed by atoms with Crippen molar-refractivity contribution in [1.82, 2.24) is 14.9 Å². The fourth-order valence-electron chi connectivity index (χ4n) is 3.23. The summed E-state index contributed by atoms with van der Waals surface area (Å²) in [4.78, 5) is 30.5. The van der Waals surface area contributed by atoms with Crippen molar-refractivity contribution < 1.29 is 9.59 Å². The highest BCUT2D eigenvalue weighted by atomic mass is 35.5. The highest BCUT2D eigenvalue weighted by Gasteiger charge is 2.24. The van der Waals surface area contributed by atoms with Gasteiger partial charge in [0.05, 0.1) is 21.6 Å². The minimum absolute atomic E-state index is 0.235. The van der Waals surface area contributed by atoms with E-state index in [9.17, 15) is 9.59 Å². The van der Waals surface area contributed by atoms with Crippen LogP contribution in [0.15, 0.2) is 42.5 Å². The first-order valence-corrected chi connectivity index (χ1v) is 12.1. The van der Waals surface area contributed by atoms with Crippen molar-refractivity contribution in [2.75, 3.05) is 17.3 Å². The molecule has 0 aliphatic rings. The van der Waals surface area contributed by atoms with E-state index in [0.717, 1.165) is 24.0 Å². The van der Waals surface area contributed by atoms with Crippen molar-refractivity contribution in [2.24, 2.45) is 0 Å². The molecule has 0 aliphatic heterocycles. The lowest BCUT2D eigenvalue weighted by Crippen LogP contribution is -2.44. The number of aromatic nitrogens is 2. The molecule has 164 valence electrons. The van der Waals surface area contributed by atoms with Gasteiger partial charge < -0.3 is 9.88 Å². The number of carbonyl (C=O) groups is 2. The standard InChI is InChI=1S/C22H24Cl2N4O2S/c1-3-11-28-19-7-5-4-6-17(19)26-22(28)27-21(30)18(10-12-31-2)25-20(29)15-9-8-14(23)13-16(15)24/h4-9,13,18H,3,10-12H2,1-2H3,(H,25,29)(H,26,27,30). The molecule has 2 N–H and O–H groups in total. The summed E-state index contributed by atoms with van der Waals surface area (Å²) in [7, 11) is 0. The Hall–Kier alpha value is -2.22. The van der Waals surface area contributed by atoms with Crippen LogP contribution in [0.1, 0.15) is 30.1 Å². The number of imidazole rings is 1. The Morgan fingerprint density at radius 2 is 1.97 bits per heavy atom. The van der Waals surface area contributed by atoms with Gasteiger partial charge in [-0.2, -0.15) is 11.8 Å². The number of amides is 2. The number of nitrogens with one attached hydrogen (secondary N) is 2. The average Bonchev–Trinajstić information content (AvgIpc) is 3.08. The van der Waals surface area contributed by atoms with Gasteiger partial charge >= 0.3 is 0 Å². The molecule has 0 radical (unpaired) electrons. The van der Waals surface area contributed by atoms with Gasteiger partial charge in [0.15, 0.2) is 0 Å². The normalized spacial score (nSPS) is 12.0. The molecule has 1 atom stereocenters. The quantitative estimate of drug-likeness (QED) is 0.440. The molecule has 0 saturated carbocycles. The lowest BCUT2D eigenvalue weighted by Gasteiger charge is -2.19. The predicted octanol–water partition coefficient (Wildman–Crippen LogP) is 5.24. The van der Waals surface area contributed by atoms with Gasteiger partial charge in [-0.15, -0.1) is 0 Å². The second kappa shape index (κ2) is 10.9. The number of hydrogen-bond acceptors (Lipinski definition) is 4. The molecule has 0 spiro atoms. The number of rotatable bonds is 9. The first-order chi connectivity index (χ1) is 14.9. The van der Waals surface area contributed by atoms with E-state index in [0.29, 0.717) is 23.1 Å². The van der Waals surface area contributed by atoms with E-state index >= 15 is 0 Å². The molecule has 3 rings (SSSR count). The third kappa shape index (κ3) is 5.73. The van der Waals surface area contributed by atoms with Gasteiger partial charge in [0.1, 0.15) is 6.04 Å². The van der Waals surface area contributed by atoms with Crippen LogP contribution < -0.4 is 10.6 Å². The predicted molar refractivity (Wildman–Crippen MR) is 129 cm³/mol. The summed E-state index contributed by atoms with van der Waals surface area (Å²) in [5.41, 5.74) is 2.03. The molecule has 1 aromatic heterocycles. The summed E-state index contributed by atoms with van der Waals surface area (Å²) >= 11 is 13.7. The molecule has 1 heterocycles. The number of halogens is 2. The lowest BCUT2D eigenvalue weighted by atomic mass is 10.1. The van der Waals surface area contributed by atoms with Crippen LogP contribution in [0.3, 0.4) is 0 Å². The molecule has 0 bridgehead atoms. The van der Waals surface area contributed by atoms with Crippen molar-refractivity contribution in [1.29, 1.82) is 0 Å². The lowest BCUT2D eigenvalue weighted by molar-refractivity contribution is -0.118. The van der Waals surface area contributed by atoms with Crippen LogP contribution in [0.2, 0.25) is 10.0 Å². The van der Waals surface area contributed by atoms with Crippen molar-refractivity contribution in [2.45, 2.75) is 32.4 Å². The summed E-state index contributed by atoms with van der Waals surface area (Å²) in [5.74, 6) is 0.434. The molecule has 1 unspecified atom stereocenters.